The number of hydrogen-bond acceptors (Lipinski definition) is 9. The van der Waals surface area contributed by atoms with Crippen molar-refractivity contribution in [2.24, 2.45) is 0 Å². The summed E-state index contributed by atoms with van der Waals surface area (Å²) in [6, 6.07) is 19.7. The van der Waals surface area contributed by atoms with Gasteiger partial charge in [-0.1, -0.05) is 29.3 Å². The Morgan fingerprint density at radius 3 is 1.91 bits per heavy atom. The van der Waals surface area contributed by atoms with Crippen molar-refractivity contribution in [1.82, 2.24) is 49.7 Å². The topological polar surface area (TPSA) is 157 Å². The van der Waals surface area contributed by atoms with Gasteiger partial charge in [-0.3, -0.25) is 14.8 Å². The summed E-state index contributed by atoms with van der Waals surface area (Å²) in [6.07, 6.45) is 9.10. The molecule has 2 aliphatic rings. The molecule has 58 heavy (non-hydrogen) atoms. The number of aromatic nitrogens is 8. The Hall–Kier alpha value is -6.81. The summed E-state index contributed by atoms with van der Waals surface area (Å²) in [5, 5.41) is 20.1. The van der Waals surface area contributed by atoms with Crippen LogP contribution in [0.15, 0.2) is 110 Å². The summed E-state index contributed by atoms with van der Waals surface area (Å²) in [4.78, 5) is 41.1. The number of benzene rings is 2. The second kappa shape index (κ2) is 18.4. The van der Waals surface area contributed by atoms with Crippen LogP contribution in [0, 0.1) is 20.8 Å². The Morgan fingerprint density at radius 1 is 0.759 bits per heavy atom. The molecule has 13 nitrogen and oxygen atoms in total. The maximum absolute atomic E-state index is 12.8. The minimum absolute atomic E-state index is 0.0226. The Balaban J connectivity index is 0.000000161. The van der Waals surface area contributed by atoms with Gasteiger partial charge < -0.3 is 15.3 Å². The fourth-order valence-corrected chi connectivity index (χ4v) is 6.13. The summed E-state index contributed by atoms with van der Waals surface area (Å²) in [6.45, 7) is 9.28. The summed E-state index contributed by atoms with van der Waals surface area (Å²) in [7, 11) is 0. The Bertz CT molecular complexity index is 2360. The van der Waals surface area contributed by atoms with Crippen LogP contribution in [0.1, 0.15) is 45.3 Å². The van der Waals surface area contributed by atoms with Crippen LogP contribution >= 0.6 is 0 Å². The third-order valence-corrected chi connectivity index (χ3v) is 9.14. The van der Waals surface area contributed by atoms with Crippen LogP contribution in [-0.2, 0) is 15.8 Å². The first kappa shape index (κ1) is 40.8. The van der Waals surface area contributed by atoms with Gasteiger partial charge in [-0.2, -0.15) is 13.2 Å². The molecule has 0 saturated carbocycles. The van der Waals surface area contributed by atoms with Gasteiger partial charge >= 0.3 is 12.1 Å². The number of carboxylic acid groups (broad SMARTS) is 1. The number of aryl methyl sites for hydroxylation is 3. The molecule has 6 heterocycles. The Labute approximate surface area is 332 Å². The van der Waals surface area contributed by atoms with E-state index in [1.807, 2.05) is 36.7 Å². The number of carbonyl (C=O) groups is 2. The smallest absolute Gasteiger partial charge is 0.416 e. The third-order valence-electron chi connectivity index (χ3n) is 9.14. The predicted molar refractivity (Wildman–Crippen MR) is 212 cm³/mol. The van der Waals surface area contributed by atoms with E-state index in [0.29, 0.717) is 36.3 Å². The highest BCUT2D eigenvalue weighted by molar-refractivity contribution is 5.90. The Kier molecular flexibility index (Phi) is 13.0. The molecule has 298 valence electrons. The number of aliphatic carboxylic acids is 1. The molecule has 2 aliphatic heterocycles. The summed E-state index contributed by atoms with van der Waals surface area (Å²) >= 11 is 0. The SMILES string of the molecule is Cc1cc(-c2ncn(/C=C\C(=O)O)n2)cc(C(F)(F)F)c1.Cc1cc(C)cc(-c2ncn(/C=C\C(=O)N3CC(c4ccccn4)C3)n2)c1.c1cncc(C2CNC2)c1. The Morgan fingerprint density at radius 2 is 1.38 bits per heavy atom. The van der Waals surface area contributed by atoms with Gasteiger partial charge in [0.15, 0.2) is 11.6 Å². The normalized spacial score (nSPS) is 14.3. The first-order valence-corrected chi connectivity index (χ1v) is 18.3. The number of pyridine rings is 2. The van der Waals surface area contributed by atoms with Crippen LogP contribution in [-0.4, -0.2) is 87.6 Å². The van der Waals surface area contributed by atoms with Crippen molar-refractivity contribution >= 4 is 24.3 Å². The molecule has 0 unspecified atom stereocenters. The van der Waals surface area contributed by atoms with Crippen molar-refractivity contribution in [2.75, 3.05) is 26.2 Å². The minimum Gasteiger partial charge on any atom is -0.478 e. The molecule has 1 amide bonds. The minimum atomic E-state index is -4.45. The van der Waals surface area contributed by atoms with Crippen LogP contribution in [0.5, 0.6) is 0 Å². The lowest BCUT2D eigenvalue weighted by molar-refractivity contribution is -0.137. The second-order valence-corrected chi connectivity index (χ2v) is 13.9. The lowest BCUT2D eigenvalue weighted by atomic mass is 9.96. The highest BCUT2D eigenvalue weighted by Crippen LogP contribution is 2.32. The maximum atomic E-state index is 12.8. The number of carbonyl (C=O) groups excluding carboxylic acids is 1. The number of likely N-dealkylation sites (tertiary alicyclic amines) is 1. The second-order valence-electron chi connectivity index (χ2n) is 13.9. The van der Waals surface area contributed by atoms with E-state index < -0.39 is 17.7 Å². The highest BCUT2D eigenvalue weighted by Gasteiger charge is 2.32. The number of hydrogen-bond donors (Lipinski definition) is 2. The number of amides is 1. The first-order chi connectivity index (χ1) is 27.8. The molecule has 2 saturated heterocycles. The standard InChI is InChI=1S/C21H21N5O.C13H10F3N3O2.C8H10N2/c1-15-9-16(2)11-17(10-15)21-23-14-26(24-21)8-6-20(27)25-12-18(13-25)19-5-3-4-7-22-19;1-8-4-9(6-10(5-8)13(14,15)16)12-17-7-19(18-12)3-2-11(20)21;1-2-7(4-9-3-1)8-5-10-6-8/h3-11,14,18H,12-13H2,1-2H3;2-7H,1H3,(H,20,21);1-4,8,10H,5-6H2/b8-6-;3-2-;. The van der Waals surface area contributed by atoms with E-state index >= 15 is 0 Å². The van der Waals surface area contributed by atoms with E-state index in [9.17, 15) is 22.8 Å². The van der Waals surface area contributed by atoms with E-state index in [1.54, 1.807) is 35.2 Å². The van der Waals surface area contributed by atoms with Gasteiger partial charge in [-0.25, -0.2) is 24.1 Å². The van der Waals surface area contributed by atoms with E-state index in [2.05, 4.69) is 73.6 Å². The molecule has 2 aromatic carbocycles. The van der Waals surface area contributed by atoms with Crippen molar-refractivity contribution in [3.63, 3.8) is 0 Å². The molecule has 16 heteroatoms. The van der Waals surface area contributed by atoms with E-state index in [-0.39, 0.29) is 17.3 Å². The van der Waals surface area contributed by atoms with Gasteiger partial charge in [0.25, 0.3) is 0 Å². The van der Waals surface area contributed by atoms with Crippen LogP contribution in [0.25, 0.3) is 35.2 Å². The average molecular weight is 791 g/mol. The molecular formula is C42H41F3N10O3. The quantitative estimate of drug-likeness (QED) is 0.160. The molecular weight excluding hydrogens is 750 g/mol. The van der Waals surface area contributed by atoms with Crippen molar-refractivity contribution in [3.05, 3.63) is 144 Å². The molecule has 0 radical (unpaired) electrons. The van der Waals surface area contributed by atoms with Gasteiger partial charge in [0, 0.05) is 98.0 Å². The first-order valence-electron chi connectivity index (χ1n) is 18.3. The summed E-state index contributed by atoms with van der Waals surface area (Å²) < 4.78 is 40.9. The van der Waals surface area contributed by atoms with E-state index in [4.69, 9.17) is 5.11 Å². The zero-order chi connectivity index (χ0) is 41.2. The largest absolute Gasteiger partial charge is 0.478 e. The molecule has 4 aromatic heterocycles. The van der Waals surface area contributed by atoms with Crippen molar-refractivity contribution in [3.8, 4) is 22.8 Å². The van der Waals surface area contributed by atoms with Crippen LogP contribution in [0.3, 0.4) is 0 Å². The monoisotopic (exact) mass is 790 g/mol. The van der Waals surface area contributed by atoms with Gasteiger partial charge in [-0.15, -0.1) is 10.2 Å². The van der Waals surface area contributed by atoms with Crippen molar-refractivity contribution in [2.45, 2.75) is 38.8 Å². The lowest BCUT2D eigenvalue weighted by Gasteiger charge is -2.38. The maximum Gasteiger partial charge on any atom is 0.416 e. The van der Waals surface area contributed by atoms with Crippen molar-refractivity contribution < 1.29 is 27.9 Å². The average Bonchev–Trinajstić information content (AvgIpc) is 3.83. The number of rotatable bonds is 8. The molecule has 0 spiro atoms. The zero-order valence-corrected chi connectivity index (χ0v) is 32.0. The molecule has 2 fully saturated rings. The molecule has 0 atom stereocenters. The molecule has 0 bridgehead atoms. The summed E-state index contributed by atoms with van der Waals surface area (Å²) in [5.74, 6) is 0.588. The van der Waals surface area contributed by atoms with Crippen molar-refractivity contribution in [1.29, 1.82) is 0 Å². The third kappa shape index (κ3) is 11.2. The van der Waals surface area contributed by atoms with E-state index in [0.717, 1.165) is 53.4 Å². The fourth-order valence-electron chi connectivity index (χ4n) is 6.13. The number of halogens is 3. The van der Waals surface area contributed by atoms with Gasteiger partial charge in [0.1, 0.15) is 12.7 Å². The highest BCUT2D eigenvalue weighted by atomic mass is 19.4. The number of alkyl halides is 3. The molecule has 8 rings (SSSR count). The molecule has 6 aromatic rings. The van der Waals surface area contributed by atoms with Crippen LogP contribution in [0.4, 0.5) is 13.2 Å². The predicted octanol–water partition coefficient (Wildman–Crippen LogP) is 6.65. The summed E-state index contributed by atoms with van der Waals surface area (Å²) in [5.41, 5.74) is 5.59. The number of nitrogens with zero attached hydrogens (tertiary/aromatic N) is 9. The number of carboxylic acids is 1. The van der Waals surface area contributed by atoms with Gasteiger partial charge in [0.05, 0.1) is 5.56 Å². The fraction of sp³-hybridized carbons (Fsp3) is 0.238. The lowest BCUT2D eigenvalue weighted by Crippen LogP contribution is -2.48. The van der Waals surface area contributed by atoms with E-state index in [1.165, 1.54) is 35.2 Å². The van der Waals surface area contributed by atoms with Crippen LogP contribution < -0.4 is 5.32 Å². The van der Waals surface area contributed by atoms with Crippen LogP contribution in [0.2, 0.25) is 0 Å². The molecule has 0 aliphatic carbocycles. The van der Waals surface area contributed by atoms with Gasteiger partial charge in [-0.05, 0) is 80.4 Å². The van der Waals surface area contributed by atoms with Gasteiger partial charge in [0.2, 0.25) is 5.91 Å². The zero-order valence-electron chi connectivity index (χ0n) is 32.0. The molecule has 2 N–H and O–H groups in total. The number of nitrogens with one attached hydrogen (secondary N) is 1.